The maximum absolute atomic E-state index is 12.8. The predicted octanol–water partition coefficient (Wildman–Crippen LogP) is 2.89. The van der Waals surface area contributed by atoms with Crippen molar-refractivity contribution in [2.75, 3.05) is 20.2 Å². The van der Waals surface area contributed by atoms with E-state index in [-0.39, 0.29) is 11.7 Å². The van der Waals surface area contributed by atoms with Crippen LogP contribution in [0.2, 0.25) is 0 Å². The summed E-state index contributed by atoms with van der Waals surface area (Å²) in [7, 11) is 1.63. The number of nitrogens with zero attached hydrogens (tertiary/aromatic N) is 5. The Morgan fingerprint density at radius 2 is 1.81 bits per heavy atom. The molecule has 0 spiro atoms. The molecule has 1 aromatic heterocycles. The number of hydrogen-bond donors (Lipinski definition) is 0. The van der Waals surface area contributed by atoms with E-state index in [4.69, 9.17) is 4.74 Å². The van der Waals surface area contributed by atoms with Gasteiger partial charge in [0, 0.05) is 11.5 Å². The molecule has 1 aromatic carbocycles. The van der Waals surface area contributed by atoms with Gasteiger partial charge in [0.2, 0.25) is 0 Å². The van der Waals surface area contributed by atoms with Crippen LogP contribution < -0.4 is 4.74 Å². The van der Waals surface area contributed by atoms with E-state index in [9.17, 15) is 4.79 Å². The molecule has 0 atom stereocenters. The number of carbonyl (C=O) groups is 1. The van der Waals surface area contributed by atoms with Gasteiger partial charge in [0.1, 0.15) is 5.75 Å². The standard InChI is InChI=1S/C20H27N5O2/c1-27-18-8-6-15(7-9-18)20(26)16-10-12-24(13-11-16)14-19-21-22-23-25(19)17-4-2-3-5-17/h6-9,16-17H,2-5,10-14H2,1H3. The van der Waals surface area contributed by atoms with Crippen LogP contribution >= 0.6 is 0 Å². The Balaban J connectivity index is 1.32. The minimum Gasteiger partial charge on any atom is -0.497 e. The van der Waals surface area contributed by atoms with Gasteiger partial charge in [-0.15, -0.1) is 5.10 Å². The smallest absolute Gasteiger partial charge is 0.166 e. The fourth-order valence-electron chi connectivity index (χ4n) is 4.29. The quantitative estimate of drug-likeness (QED) is 0.729. The van der Waals surface area contributed by atoms with Crippen LogP contribution in [0.4, 0.5) is 0 Å². The van der Waals surface area contributed by atoms with Gasteiger partial charge in [0.25, 0.3) is 0 Å². The van der Waals surface area contributed by atoms with Crippen LogP contribution in [0.1, 0.15) is 60.7 Å². The summed E-state index contributed by atoms with van der Waals surface area (Å²) in [5.74, 6) is 2.08. The number of tetrazole rings is 1. The van der Waals surface area contributed by atoms with Crippen molar-refractivity contribution in [3.8, 4) is 5.75 Å². The zero-order chi connectivity index (χ0) is 18.6. The minimum atomic E-state index is 0.0977. The van der Waals surface area contributed by atoms with Gasteiger partial charge in [-0.1, -0.05) is 12.8 Å². The van der Waals surface area contributed by atoms with Crippen LogP contribution in [0.3, 0.4) is 0 Å². The van der Waals surface area contributed by atoms with Crippen LogP contribution in [0.25, 0.3) is 0 Å². The van der Waals surface area contributed by atoms with E-state index in [0.29, 0.717) is 6.04 Å². The number of Topliss-reactive ketones (excluding diaryl/α,β-unsaturated/α-hetero) is 1. The first kappa shape index (κ1) is 18.1. The summed E-state index contributed by atoms with van der Waals surface area (Å²) in [6.07, 6.45) is 6.66. The molecule has 0 radical (unpaired) electrons. The summed E-state index contributed by atoms with van der Waals surface area (Å²) in [6.45, 7) is 2.58. The van der Waals surface area contributed by atoms with Crippen molar-refractivity contribution in [2.45, 2.75) is 51.1 Å². The highest BCUT2D eigenvalue weighted by molar-refractivity contribution is 5.98. The molecule has 1 aliphatic heterocycles. The number of hydrogen-bond acceptors (Lipinski definition) is 6. The van der Waals surface area contributed by atoms with Crippen LogP contribution in [0, 0.1) is 5.92 Å². The Morgan fingerprint density at radius 1 is 1.11 bits per heavy atom. The molecule has 2 aromatic rings. The second-order valence-corrected chi connectivity index (χ2v) is 7.62. The van der Waals surface area contributed by atoms with Crippen molar-refractivity contribution in [3.63, 3.8) is 0 Å². The molecule has 1 saturated heterocycles. The third kappa shape index (κ3) is 4.03. The summed E-state index contributed by atoms with van der Waals surface area (Å²) in [4.78, 5) is 15.1. The average Bonchev–Trinajstić information content (AvgIpc) is 3.40. The topological polar surface area (TPSA) is 73.1 Å². The first-order valence-corrected chi connectivity index (χ1v) is 9.92. The molecule has 0 bridgehead atoms. The summed E-state index contributed by atoms with van der Waals surface area (Å²) >= 11 is 0. The first-order valence-electron chi connectivity index (χ1n) is 9.92. The monoisotopic (exact) mass is 369 g/mol. The van der Waals surface area contributed by atoms with E-state index in [1.807, 2.05) is 28.9 Å². The predicted molar refractivity (Wildman–Crippen MR) is 101 cm³/mol. The van der Waals surface area contributed by atoms with Gasteiger partial charge < -0.3 is 4.74 Å². The fraction of sp³-hybridized carbons (Fsp3) is 0.600. The number of ketones is 1. The largest absolute Gasteiger partial charge is 0.497 e. The summed E-state index contributed by atoms with van der Waals surface area (Å²) in [5.41, 5.74) is 0.777. The van der Waals surface area contributed by atoms with Crippen LogP contribution in [0.15, 0.2) is 24.3 Å². The zero-order valence-electron chi connectivity index (χ0n) is 15.9. The second-order valence-electron chi connectivity index (χ2n) is 7.62. The molecule has 2 fully saturated rings. The molecule has 7 heteroatoms. The van der Waals surface area contributed by atoms with Gasteiger partial charge in [0.15, 0.2) is 11.6 Å². The number of methoxy groups -OCH3 is 1. The number of piperidine rings is 1. The van der Waals surface area contributed by atoms with Crippen molar-refractivity contribution < 1.29 is 9.53 Å². The van der Waals surface area contributed by atoms with Crippen molar-refractivity contribution in [1.82, 2.24) is 25.1 Å². The summed E-state index contributed by atoms with van der Waals surface area (Å²) in [5, 5.41) is 12.4. The normalized spacial score (nSPS) is 19.4. The number of rotatable bonds is 6. The molecule has 7 nitrogen and oxygen atoms in total. The van der Waals surface area contributed by atoms with Gasteiger partial charge >= 0.3 is 0 Å². The first-order chi connectivity index (χ1) is 13.2. The molecule has 0 N–H and O–H groups in total. The average molecular weight is 369 g/mol. The number of aromatic nitrogens is 4. The number of ether oxygens (including phenoxy) is 1. The maximum atomic E-state index is 12.8. The highest BCUT2D eigenvalue weighted by atomic mass is 16.5. The lowest BCUT2D eigenvalue weighted by molar-refractivity contribution is 0.0831. The Labute approximate surface area is 159 Å². The molecule has 4 rings (SSSR count). The Kier molecular flexibility index (Phi) is 5.48. The highest BCUT2D eigenvalue weighted by Crippen LogP contribution is 2.30. The number of carbonyl (C=O) groups excluding carboxylic acids is 1. The van der Waals surface area contributed by atoms with Gasteiger partial charge in [-0.2, -0.15) is 0 Å². The summed E-state index contributed by atoms with van der Waals surface area (Å²) in [6, 6.07) is 7.90. The fourth-order valence-corrected chi connectivity index (χ4v) is 4.29. The van der Waals surface area contributed by atoms with E-state index in [1.54, 1.807) is 7.11 Å². The minimum absolute atomic E-state index is 0.0977. The Hall–Kier alpha value is -2.28. The van der Waals surface area contributed by atoms with Gasteiger partial charge in [0.05, 0.1) is 19.7 Å². The van der Waals surface area contributed by atoms with E-state index in [0.717, 1.165) is 49.6 Å². The second kappa shape index (κ2) is 8.17. The molecule has 144 valence electrons. The molecule has 1 saturated carbocycles. The van der Waals surface area contributed by atoms with Crippen molar-refractivity contribution in [3.05, 3.63) is 35.7 Å². The molecular weight excluding hydrogens is 342 g/mol. The Bertz CT molecular complexity index is 759. The van der Waals surface area contributed by atoms with Crippen LogP contribution in [0.5, 0.6) is 5.75 Å². The molecule has 2 heterocycles. The highest BCUT2D eigenvalue weighted by Gasteiger charge is 2.28. The third-order valence-corrected chi connectivity index (χ3v) is 5.93. The van der Waals surface area contributed by atoms with Crippen LogP contribution in [-0.4, -0.2) is 51.1 Å². The third-order valence-electron chi connectivity index (χ3n) is 5.93. The summed E-state index contributed by atoms with van der Waals surface area (Å²) < 4.78 is 7.20. The van der Waals surface area contributed by atoms with E-state index < -0.39 is 0 Å². The van der Waals surface area contributed by atoms with Gasteiger partial charge in [-0.3, -0.25) is 9.69 Å². The van der Waals surface area contributed by atoms with E-state index in [1.165, 1.54) is 25.7 Å². The lowest BCUT2D eigenvalue weighted by Gasteiger charge is -2.31. The zero-order valence-corrected chi connectivity index (χ0v) is 15.9. The molecule has 2 aliphatic rings. The lowest BCUT2D eigenvalue weighted by atomic mass is 9.89. The number of benzene rings is 1. The van der Waals surface area contributed by atoms with E-state index >= 15 is 0 Å². The number of likely N-dealkylation sites (tertiary alicyclic amines) is 1. The SMILES string of the molecule is COc1ccc(C(=O)C2CCN(Cc3nnnn3C3CCCC3)CC2)cc1. The molecule has 0 amide bonds. The van der Waals surface area contributed by atoms with Gasteiger partial charge in [-0.05, 0) is 73.5 Å². The molecule has 0 unspecified atom stereocenters. The lowest BCUT2D eigenvalue weighted by Crippen LogP contribution is -2.36. The molecule has 1 aliphatic carbocycles. The van der Waals surface area contributed by atoms with Crippen molar-refractivity contribution >= 4 is 5.78 Å². The Morgan fingerprint density at radius 3 is 2.48 bits per heavy atom. The van der Waals surface area contributed by atoms with Crippen molar-refractivity contribution in [2.24, 2.45) is 5.92 Å². The van der Waals surface area contributed by atoms with E-state index in [2.05, 4.69) is 20.4 Å². The van der Waals surface area contributed by atoms with Crippen LogP contribution in [-0.2, 0) is 6.54 Å². The molecular formula is C20H27N5O2. The maximum Gasteiger partial charge on any atom is 0.166 e. The van der Waals surface area contributed by atoms with Crippen molar-refractivity contribution in [1.29, 1.82) is 0 Å². The molecule has 27 heavy (non-hydrogen) atoms. The van der Waals surface area contributed by atoms with Gasteiger partial charge in [-0.25, -0.2) is 4.68 Å².